The first-order valence-electron chi connectivity index (χ1n) is 10.4. The fourth-order valence-corrected chi connectivity index (χ4v) is 3.75. The highest BCUT2D eigenvalue weighted by molar-refractivity contribution is 6.34. The van der Waals surface area contributed by atoms with Crippen molar-refractivity contribution in [3.8, 4) is 11.5 Å². The van der Waals surface area contributed by atoms with Crippen molar-refractivity contribution in [3.63, 3.8) is 0 Å². The standard InChI is InChI=1S/C23H26ClNO10/c1-31-13-6-4-5-11(7-13)21(29)25-17-14(24)8-12(9-15(17)32-2)22(30)35-20-19(28)18(27)16(10-26)34-23(20)33-3/h4-9,16,18-20,23,26-28H,10H2,1-3H3,(H,25,29)/t16-,18-,19+,20-,23+/m1/s1. The minimum absolute atomic E-state index is 0.0170. The molecule has 12 heteroatoms. The molecule has 1 heterocycles. The van der Waals surface area contributed by atoms with Gasteiger partial charge in [-0.05, 0) is 30.3 Å². The number of hydrogen-bond acceptors (Lipinski definition) is 10. The van der Waals surface area contributed by atoms with E-state index >= 15 is 0 Å². The summed E-state index contributed by atoms with van der Waals surface area (Å²) in [7, 11) is 4.06. The monoisotopic (exact) mass is 511 g/mol. The van der Waals surface area contributed by atoms with E-state index in [1.54, 1.807) is 24.3 Å². The van der Waals surface area contributed by atoms with Crippen LogP contribution in [-0.4, -0.2) is 85.8 Å². The Morgan fingerprint density at radius 3 is 2.43 bits per heavy atom. The van der Waals surface area contributed by atoms with E-state index in [-0.39, 0.29) is 22.0 Å². The van der Waals surface area contributed by atoms with Gasteiger partial charge in [-0.1, -0.05) is 17.7 Å². The molecule has 5 atom stereocenters. The number of amides is 1. The van der Waals surface area contributed by atoms with Crippen LogP contribution in [0.4, 0.5) is 5.69 Å². The second-order valence-electron chi connectivity index (χ2n) is 7.53. The summed E-state index contributed by atoms with van der Waals surface area (Å²) in [5.74, 6) is -0.852. The lowest BCUT2D eigenvalue weighted by Crippen LogP contribution is -2.60. The number of aliphatic hydroxyl groups excluding tert-OH is 3. The molecule has 11 nitrogen and oxygen atoms in total. The quantitative estimate of drug-likeness (QED) is 0.380. The van der Waals surface area contributed by atoms with Gasteiger partial charge in [-0.3, -0.25) is 4.79 Å². The van der Waals surface area contributed by atoms with E-state index in [0.717, 1.165) is 0 Å². The maximum absolute atomic E-state index is 12.8. The van der Waals surface area contributed by atoms with Gasteiger partial charge in [0, 0.05) is 12.7 Å². The molecule has 1 aliphatic heterocycles. The van der Waals surface area contributed by atoms with Crippen molar-refractivity contribution in [2.45, 2.75) is 30.7 Å². The fraction of sp³-hybridized carbons (Fsp3) is 0.391. The van der Waals surface area contributed by atoms with Gasteiger partial charge in [0.2, 0.25) is 0 Å². The Morgan fingerprint density at radius 2 is 1.80 bits per heavy atom. The molecule has 3 rings (SSSR count). The molecule has 1 saturated heterocycles. The number of benzene rings is 2. The molecular formula is C23H26ClNO10. The van der Waals surface area contributed by atoms with Crippen LogP contribution in [0, 0.1) is 0 Å². The van der Waals surface area contributed by atoms with Gasteiger partial charge in [0.15, 0.2) is 12.4 Å². The lowest BCUT2D eigenvalue weighted by molar-refractivity contribution is -0.293. The fourth-order valence-electron chi connectivity index (χ4n) is 3.49. The molecule has 2 aromatic carbocycles. The first-order chi connectivity index (χ1) is 16.7. The minimum Gasteiger partial charge on any atom is -0.497 e. The third-order valence-corrected chi connectivity index (χ3v) is 5.68. The Morgan fingerprint density at radius 1 is 1.06 bits per heavy atom. The van der Waals surface area contributed by atoms with Gasteiger partial charge < -0.3 is 44.3 Å². The number of hydrogen-bond donors (Lipinski definition) is 4. The third kappa shape index (κ3) is 5.84. The number of aliphatic hydroxyl groups is 3. The maximum Gasteiger partial charge on any atom is 0.338 e. The molecular weight excluding hydrogens is 486 g/mol. The maximum atomic E-state index is 12.8. The van der Waals surface area contributed by atoms with Crippen molar-refractivity contribution in [3.05, 3.63) is 52.5 Å². The Labute approximate surface area is 206 Å². The van der Waals surface area contributed by atoms with Crippen molar-refractivity contribution in [1.29, 1.82) is 0 Å². The largest absolute Gasteiger partial charge is 0.497 e. The molecule has 1 fully saturated rings. The predicted molar refractivity (Wildman–Crippen MR) is 123 cm³/mol. The van der Waals surface area contributed by atoms with Crippen LogP contribution in [0.25, 0.3) is 0 Å². The van der Waals surface area contributed by atoms with Crippen molar-refractivity contribution >= 4 is 29.2 Å². The SMILES string of the molecule is COc1cccc(C(=O)Nc2c(Cl)cc(C(=O)O[C@H]3[C@@H](OC)O[C@H](CO)[C@@H](O)[C@@H]3O)cc2OC)c1. The summed E-state index contributed by atoms with van der Waals surface area (Å²) in [6.45, 7) is -0.575. The molecule has 190 valence electrons. The number of carbonyl (C=O) groups is 2. The van der Waals surface area contributed by atoms with Crippen LogP contribution in [0.3, 0.4) is 0 Å². The molecule has 4 N–H and O–H groups in total. The Bertz CT molecular complexity index is 1060. The number of halogens is 1. The van der Waals surface area contributed by atoms with Crippen LogP contribution < -0.4 is 14.8 Å². The van der Waals surface area contributed by atoms with Crippen molar-refractivity contribution in [2.24, 2.45) is 0 Å². The first kappa shape index (κ1) is 26.7. The second kappa shape index (κ2) is 11.7. The number of nitrogens with one attached hydrogen (secondary N) is 1. The molecule has 35 heavy (non-hydrogen) atoms. The average Bonchev–Trinajstić information content (AvgIpc) is 2.87. The highest BCUT2D eigenvalue weighted by Gasteiger charge is 2.47. The van der Waals surface area contributed by atoms with E-state index in [1.807, 2.05) is 0 Å². The van der Waals surface area contributed by atoms with E-state index < -0.39 is 49.2 Å². The Balaban J connectivity index is 1.81. The molecule has 1 aliphatic rings. The average molecular weight is 512 g/mol. The summed E-state index contributed by atoms with van der Waals surface area (Å²) in [5, 5.41) is 32.4. The van der Waals surface area contributed by atoms with Gasteiger partial charge in [0.1, 0.15) is 35.5 Å². The predicted octanol–water partition coefficient (Wildman–Crippen LogP) is 1.22. The van der Waals surface area contributed by atoms with Gasteiger partial charge in [0.25, 0.3) is 5.91 Å². The van der Waals surface area contributed by atoms with Crippen LogP contribution in [-0.2, 0) is 14.2 Å². The number of methoxy groups -OCH3 is 3. The summed E-state index contributed by atoms with van der Waals surface area (Å²) in [6, 6.07) is 9.02. The van der Waals surface area contributed by atoms with Crippen molar-refractivity contribution in [2.75, 3.05) is 33.3 Å². The summed E-state index contributed by atoms with van der Waals surface area (Å²) >= 11 is 6.34. The van der Waals surface area contributed by atoms with Crippen LogP contribution in [0.15, 0.2) is 36.4 Å². The zero-order valence-corrected chi connectivity index (χ0v) is 19.9. The van der Waals surface area contributed by atoms with E-state index in [9.17, 15) is 24.9 Å². The van der Waals surface area contributed by atoms with E-state index in [4.69, 9.17) is 35.3 Å². The normalized spacial score (nSPS) is 23.9. The summed E-state index contributed by atoms with van der Waals surface area (Å²) in [5.41, 5.74) is 0.366. The molecule has 0 unspecified atom stereocenters. The van der Waals surface area contributed by atoms with Gasteiger partial charge >= 0.3 is 5.97 Å². The van der Waals surface area contributed by atoms with E-state index in [2.05, 4.69) is 5.32 Å². The Hall–Kier alpha value is -2.93. The second-order valence-corrected chi connectivity index (χ2v) is 7.94. The Kier molecular flexibility index (Phi) is 8.89. The van der Waals surface area contributed by atoms with Crippen LogP contribution in [0.5, 0.6) is 11.5 Å². The molecule has 0 radical (unpaired) electrons. The number of carbonyl (C=O) groups excluding carboxylic acids is 2. The number of ether oxygens (including phenoxy) is 5. The summed E-state index contributed by atoms with van der Waals surface area (Å²) < 4.78 is 26.2. The topological polar surface area (TPSA) is 153 Å². The lowest BCUT2D eigenvalue weighted by Gasteiger charge is -2.40. The van der Waals surface area contributed by atoms with Gasteiger partial charge in [0.05, 0.1) is 31.4 Å². The van der Waals surface area contributed by atoms with Gasteiger partial charge in [-0.15, -0.1) is 0 Å². The first-order valence-corrected chi connectivity index (χ1v) is 10.8. The zero-order valence-electron chi connectivity index (χ0n) is 19.1. The molecule has 0 aromatic heterocycles. The van der Waals surface area contributed by atoms with Crippen LogP contribution in [0.1, 0.15) is 20.7 Å². The lowest BCUT2D eigenvalue weighted by atomic mass is 9.99. The molecule has 0 bridgehead atoms. The van der Waals surface area contributed by atoms with Crippen molar-refractivity contribution in [1.82, 2.24) is 0 Å². The van der Waals surface area contributed by atoms with E-state index in [0.29, 0.717) is 11.3 Å². The minimum atomic E-state index is -1.59. The molecule has 0 spiro atoms. The van der Waals surface area contributed by atoms with Crippen LogP contribution in [0.2, 0.25) is 5.02 Å². The zero-order chi connectivity index (χ0) is 25.7. The molecule has 0 saturated carbocycles. The number of rotatable bonds is 8. The van der Waals surface area contributed by atoms with Gasteiger partial charge in [-0.25, -0.2) is 4.79 Å². The smallest absolute Gasteiger partial charge is 0.338 e. The highest BCUT2D eigenvalue weighted by atomic mass is 35.5. The molecule has 0 aliphatic carbocycles. The highest BCUT2D eigenvalue weighted by Crippen LogP contribution is 2.35. The number of anilines is 1. The molecule has 1 amide bonds. The van der Waals surface area contributed by atoms with Crippen LogP contribution >= 0.6 is 11.6 Å². The molecule has 2 aromatic rings. The van der Waals surface area contributed by atoms with E-state index in [1.165, 1.54) is 33.5 Å². The van der Waals surface area contributed by atoms with Gasteiger partial charge in [-0.2, -0.15) is 0 Å². The number of esters is 1. The summed E-state index contributed by atoms with van der Waals surface area (Å²) in [4.78, 5) is 25.5. The summed E-state index contributed by atoms with van der Waals surface area (Å²) in [6.07, 6.45) is -6.87. The third-order valence-electron chi connectivity index (χ3n) is 5.38. The van der Waals surface area contributed by atoms with Crippen molar-refractivity contribution < 1.29 is 48.6 Å².